The molecule has 130 valence electrons. The molecule has 1 aliphatic carbocycles. The Labute approximate surface area is 150 Å². The average molecular weight is 346 g/mol. The second-order valence-corrected chi connectivity index (χ2v) is 7.12. The van der Waals surface area contributed by atoms with E-state index < -0.39 is 0 Å². The average Bonchev–Trinajstić information content (AvgIpc) is 3.12. The van der Waals surface area contributed by atoms with Crippen LogP contribution in [0.15, 0.2) is 45.6 Å². The predicted octanol–water partition coefficient (Wildman–Crippen LogP) is 4.30. The number of hydrogen-bond acceptors (Lipinski definition) is 4. The van der Waals surface area contributed by atoms with E-state index in [0.29, 0.717) is 23.3 Å². The molecule has 0 saturated heterocycles. The Bertz CT molecular complexity index is 1110. The first kappa shape index (κ1) is 15.4. The highest BCUT2D eigenvalue weighted by Gasteiger charge is 2.33. The molecular formula is C22H18O4. The van der Waals surface area contributed by atoms with Crippen LogP contribution < -0.4 is 10.4 Å². The predicted molar refractivity (Wildman–Crippen MR) is 98.0 cm³/mol. The Morgan fingerprint density at radius 3 is 2.62 bits per heavy atom. The number of fused-ring (bicyclic) bond motifs is 5. The van der Waals surface area contributed by atoms with Crippen molar-refractivity contribution in [3.05, 3.63) is 74.6 Å². The summed E-state index contributed by atoms with van der Waals surface area (Å²) in [7, 11) is 0. The van der Waals surface area contributed by atoms with Crippen LogP contribution in [0.3, 0.4) is 0 Å². The fourth-order valence-corrected chi connectivity index (χ4v) is 4.30. The van der Waals surface area contributed by atoms with Gasteiger partial charge in [-0.1, -0.05) is 30.3 Å². The summed E-state index contributed by atoms with van der Waals surface area (Å²) in [6.45, 7) is 1.87. The monoisotopic (exact) mass is 346 g/mol. The van der Waals surface area contributed by atoms with Gasteiger partial charge in [-0.2, -0.15) is 0 Å². The lowest BCUT2D eigenvalue weighted by Crippen LogP contribution is -2.22. The van der Waals surface area contributed by atoms with Gasteiger partial charge in [-0.3, -0.25) is 4.79 Å². The highest BCUT2D eigenvalue weighted by molar-refractivity contribution is 6.07. The van der Waals surface area contributed by atoms with Crippen molar-refractivity contribution >= 4 is 16.8 Å². The van der Waals surface area contributed by atoms with Gasteiger partial charge < -0.3 is 9.15 Å². The van der Waals surface area contributed by atoms with E-state index in [0.717, 1.165) is 46.9 Å². The molecule has 2 aliphatic rings. The van der Waals surface area contributed by atoms with Crippen LogP contribution in [0, 0.1) is 6.92 Å². The van der Waals surface area contributed by atoms with E-state index in [1.807, 2.05) is 37.3 Å². The summed E-state index contributed by atoms with van der Waals surface area (Å²) in [5, 5.41) is 0.812. The minimum Gasteiger partial charge on any atom is -0.484 e. The highest BCUT2D eigenvalue weighted by Crippen LogP contribution is 2.44. The molecule has 1 aromatic heterocycles. The first-order valence-electron chi connectivity index (χ1n) is 9.00. The van der Waals surface area contributed by atoms with Gasteiger partial charge in [0.15, 0.2) is 5.78 Å². The topological polar surface area (TPSA) is 56.5 Å². The molecule has 26 heavy (non-hydrogen) atoms. The minimum absolute atomic E-state index is 0.0810. The van der Waals surface area contributed by atoms with E-state index >= 15 is 0 Å². The molecule has 0 saturated carbocycles. The molecule has 0 fully saturated rings. The first-order chi connectivity index (χ1) is 12.6. The number of ether oxygens (including phenoxy) is 1. The number of ketones is 1. The Balaban J connectivity index is 1.79. The number of hydrogen-bond donors (Lipinski definition) is 0. The molecule has 0 radical (unpaired) electrons. The molecular weight excluding hydrogens is 328 g/mol. The van der Waals surface area contributed by atoms with Crippen molar-refractivity contribution in [1.82, 2.24) is 0 Å². The third-order valence-electron chi connectivity index (χ3n) is 5.49. The van der Waals surface area contributed by atoms with Gasteiger partial charge in [0.2, 0.25) is 0 Å². The van der Waals surface area contributed by atoms with E-state index in [1.165, 1.54) is 0 Å². The lowest BCUT2D eigenvalue weighted by atomic mass is 9.90. The number of Topliss-reactive ketones (excluding diaryl/α,β-unsaturated/α-hetero) is 1. The standard InChI is InChI=1S/C22H18O4/c1-12-10-18-20(14-8-5-9-15(14)22(24)26-18)21-19(12)16(23)11-17(25-21)13-6-3-2-4-7-13/h2-4,6-7,10,17H,5,8-9,11H2,1H3/t17-/m0/s1. The van der Waals surface area contributed by atoms with Crippen LogP contribution in [0.1, 0.15) is 51.6 Å². The van der Waals surface area contributed by atoms with Gasteiger partial charge in [0.05, 0.1) is 17.4 Å². The van der Waals surface area contributed by atoms with E-state index in [1.54, 1.807) is 6.07 Å². The van der Waals surface area contributed by atoms with E-state index in [9.17, 15) is 9.59 Å². The van der Waals surface area contributed by atoms with Crippen molar-refractivity contribution in [2.45, 2.75) is 38.7 Å². The summed E-state index contributed by atoms with van der Waals surface area (Å²) in [5.74, 6) is 0.671. The molecule has 4 nitrogen and oxygen atoms in total. The van der Waals surface area contributed by atoms with Gasteiger partial charge in [-0.25, -0.2) is 4.79 Å². The number of carbonyl (C=O) groups excluding carboxylic acids is 1. The lowest BCUT2D eigenvalue weighted by molar-refractivity contribution is 0.0852. The van der Waals surface area contributed by atoms with E-state index in [4.69, 9.17) is 9.15 Å². The van der Waals surface area contributed by atoms with E-state index in [-0.39, 0.29) is 17.5 Å². The summed E-state index contributed by atoms with van der Waals surface area (Å²) < 4.78 is 11.9. The number of aryl methyl sites for hydroxylation is 2. The second kappa shape index (κ2) is 5.56. The third kappa shape index (κ3) is 2.15. The van der Waals surface area contributed by atoms with Gasteiger partial charge >= 0.3 is 5.63 Å². The summed E-state index contributed by atoms with van der Waals surface area (Å²) in [6.07, 6.45) is 2.48. The quantitative estimate of drug-likeness (QED) is 0.617. The molecule has 1 aliphatic heterocycles. The Morgan fingerprint density at radius 1 is 1.04 bits per heavy atom. The van der Waals surface area contributed by atoms with Crippen molar-refractivity contribution in [2.75, 3.05) is 0 Å². The van der Waals surface area contributed by atoms with Crippen LogP contribution in [-0.2, 0) is 12.8 Å². The van der Waals surface area contributed by atoms with E-state index in [2.05, 4.69) is 0 Å². The van der Waals surface area contributed by atoms with Crippen LogP contribution in [0.2, 0.25) is 0 Å². The van der Waals surface area contributed by atoms with Crippen LogP contribution >= 0.6 is 0 Å². The first-order valence-corrected chi connectivity index (χ1v) is 9.00. The van der Waals surface area contributed by atoms with Crippen LogP contribution in [0.4, 0.5) is 0 Å². The van der Waals surface area contributed by atoms with Crippen molar-refractivity contribution in [2.24, 2.45) is 0 Å². The Kier molecular flexibility index (Phi) is 3.29. The molecule has 4 heteroatoms. The molecule has 2 heterocycles. The van der Waals surface area contributed by atoms with Crippen LogP contribution in [0.5, 0.6) is 5.75 Å². The zero-order chi connectivity index (χ0) is 17.8. The Hall–Kier alpha value is -2.88. The van der Waals surface area contributed by atoms with Gasteiger partial charge in [-0.05, 0) is 48.9 Å². The molecule has 1 atom stereocenters. The largest absolute Gasteiger partial charge is 0.484 e. The summed E-state index contributed by atoms with van der Waals surface area (Å²) in [4.78, 5) is 25.2. The van der Waals surface area contributed by atoms with Crippen molar-refractivity contribution in [3.8, 4) is 5.75 Å². The maximum absolute atomic E-state index is 12.9. The molecule has 0 N–H and O–H groups in total. The highest BCUT2D eigenvalue weighted by atomic mass is 16.5. The van der Waals surface area contributed by atoms with Crippen molar-refractivity contribution in [3.63, 3.8) is 0 Å². The van der Waals surface area contributed by atoms with Gasteiger partial charge in [-0.15, -0.1) is 0 Å². The van der Waals surface area contributed by atoms with Gasteiger partial charge in [0.1, 0.15) is 17.4 Å². The normalized spacial score (nSPS) is 18.5. The number of rotatable bonds is 1. The molecule has 3 aromatic rings. The summed E-state index contributed by atoms with van der Waals surface area (Å²) >= 11 is 0. The van der Waals surface area contributed by atoms with Gasteiger partial charge in [0.25, 0.3) is 0 Å². The third-order valence-corrected chi connectivity index (χ3v) is 5.49. The lowest BCUT2D eigenvalue weighted by Gasteiger charge is -2.28. The molecule has 0 amide bonds. The van der Waals surface area contributed by atoms with Crippen molar-refractivity contribution in [1.29, 1.82) is 0 Å². The summed E-state index contributed by atoms with van der Waals surface area (Å²) in [5.41, 5.74) is 4.41. The SMILES string of the molecule is Cc1cc2oc(=O)c3c(c2c2c1C(=O)C[C@@H](c1ccccc1)O2)CCC3. The van der Waals surface area contributed by atoms with Crippen LogP contribution in [0.25, 0.3) is 11.0 Å². The fraction of sp³-hybridized carbons (Fsp3) is 0.273. The Morgan fingerprint density at radius 2 is 1.81 bits per heavy atom. The maximum atomic E-state index is 12.9. The second-order valence-electron chi connectivity index (χ2n) is 7.12. The van der Waals surface area contributed by atoms with Gasteiger partial charge in [0, 0.05) is 5.56 Å². The zero-order valence-electron chi connectivity index (χ0n) is 14.5. The molecule has 5 rings (SSSR count). The van der Waals surface area contributed by atoms with Crippen molar-refractivity contribution < 1.29 is 13.9 Å². The molecule has 0 spiro atoms. The smallest absolute Gasteiger partial charge is 0.339 e. The number of benzene rings is 2. The minimum atomic E-state index is -0.315. The molecule has 2 aromatic carbocycles. The molecule has 0 unspecified atom stereocenters. The summed E-state index contributed by atoms with van der Waals surface area (Å²) in [6, 6.07) is 11.6. The molecule has 0 bridgehead atoms. The van der Waals surface area contributed by atoms with Crippen LogP contribution in [-0.4, -0.2) is 5.78 Å². The maximum Gasteiger partial charge on any atom is 0.339 e. The fourth-order valence-electron chi connectivity index (χ4n) is 4.30. The number of carbonyl (C=O) groups is 1. The zero-order valence-corrected chi connectivity index (χ0v) is 14.5.